The molecule has 2 aliphatic rings. The minimum absolute atomic E-state index is 0.152. The number of carbonyl (C=O) groups is 2. The van der Waals surface area contributed by atoms with Crippen molar-refractivity contribution in [1.29, 1.82) is 0 Å². The van der Waals surface area contributed by atoms with Crippen LogP contribution in [0.25, 0.3) is 21.5 Å². The van der Waals surface area contributed by atoms with E-state index in [0.717, 1.165) is 50.5 Å². The maximum atomic E-state index is 12.5. The third-order valence-electron chi connectivity index (χ3n) is 6.53. The number of aryl methyl sites for hydroxylation is 1. The molecule has 0 N–H and O–H groups in total. The number of nitrogens with zero attached hydrogens (tertiary/aromatic N) is 4. The number of halogens is 1. The second-order valence-electron chi connectivity index (χ2n) is 9.06. The lowest BCUT2D eigenvalue weighted by Crippen LogP contribution is -2.49. The molecule has 0 spiro atoms. The molecule has 1 aromatic carbocycles. The maximum absolute atomic E-state index is 12.5. The number of hydrogen-bond acceptors (Lipinski definition) is 6. The van der Waals surface area contributed by atoms with Gasteiger partial charge in [-0.05, 0) is 56.4 Å². The van der Waals surface area contributed by atoms with Gasteiger partial charge in [0.1, 0.15) is 12.1 Å². The van der Waals surface area contributed by atoms with Gasteiger partial charge in [0.05, 0.1) is 28.6 Å². The Morgan fingerprint density at radius 3 is 2.74 bits per heavy atom. The van der Waals surface area contributed by atoms with E-state index >= 15 is 0 Å². The molecule has 2 fully saturated rings. The molecular formula is C25H27ClN4O3S. The van der Waals surface area contributed by atoms with Crippen LogP contribution in [0.5, 0.6) is 5.75 Å². The van der Waals surface area contributed by atoms with Gasteiger partial charge < -0.3 is 9.64 Å². The highest BCUT2D eigenvalue weighted by molar-refractivity contribution is 7.19. The second-order valence-corrected chi connectivity index (χ2v) is 10.6. The zero-order chi connectivity index (χ0) is 23.8. The van der Waals surface area contributed by atoms with E-state index < -0.39 is 0 Å². The molecule has 0 atom stereocenters. The van der Waals surface area contributed by atoms with Crippen molar-refractivity contribution in [3.63, 3.8) is 0 Å². The van der Waals surface area contributed by atoms with Gasteiger partial charge in [0, 0.05) is 35.5 Å². The summed E-state index contributed by atoms with van der Waals surface area (Å²) >= 11 is 7.96. The van der Waals surface area contributed by atoms with Crippen molar-refractivity contribution in [2.45, 2.75) is 58.1 Å². The number of carbonyl (C=O) groups excluding carboxylic acids is 2. The van der Waals surface area contributed by atoms with Crippen molar-refractivity contribution in [3.05, 3.63) is 40.0 Å². The summed E-state index contributed by atoms with van der Waals surface area (Å²) in [7, 11) is 1.71. The number of aromatic nitrogens is 2. The van der Waals surface area contributed by atoms with Gasteiger partial charge in [-0.2, -0.15) is 0 Å². The Bertz CT molecular complexity index is 1250. The highest BCUT2D eigenvalue weighted by Crippen LogP contribution is 2.41. The lowest BCUT2D eigenvalue weighted by Gasteiger charge is -2.31. The van der Waals surface area contributed by atoms with E-state index in [4.69, 9.17) is 16.3 Å². The van der Waals surface area contributed by atoms with Gasteiger partial charge in [-0.25, -0.2) is 14.8 Å². The molecule has 0 radical (unpaired) electrons. The average Bonchev–Trinajstić information content (AvgIpc) is 3.24. The molecule has 178 valence electrons. The molecule has 3 heterocycles. The first-order chi connectivity index (χ1) is 16.4. The van der Waals surface area contributed by atoms with Crippen LogP contribution >= 0.6 is 22.9 Å². The molecule has 1 aliphatic carbocycles. The summed E-state index contributed by atoms with van der Waals surface area (Å²) in [5.41, 5.74) is 3.35. The van der Waals surface area contributed by atoms with Crippen LogP contribution in [-0.2, 0) is 11.3 Å². The first-order valence-corrected chi connectivity index (χ1v) is 12.9. The highest BCUT2D eigenvalue weighted by atomic mass is 35.5. The molecule has 7 nitrogen and oxygen atoms in total. The Morgan fingerprint density at radius 2 is 1.94 bits per heavy atom. The number of fused-ring (bicyclic) bond motifs is 1. The predicted molar refractivity (Wildman–Crippen MR) is 133 cm³/mol. The van der Waals surface area contributed by atoms with E-state index in [1.807, 2.05) is 25.1 Å². The summed E-state index contributed by atoms with van der Waals surface area (Å²) in [4.78, 5) is 37.7. The smallest absolute Gasteiger partial charge is 0.326 e. The highest BCUT2D eigenvalue weighted by Gasteiger charge is 2.30. The molecule has 9 heteroatoms. The number of benzene rings is 1. The molecule has 0 unspecified atom stereocenters. The first-order valence-electron chi connectivity index (χ1n) is 11.7. The Balaban J connectivity index is 1.53. The zero-order valence-electron chi connectivity index (χ0n) is 19.3. The van der Waals surface area contributed by atoms with E-state index in [9.17, 15) is 9.59 Å². The topological polar surface area (TPSA) is 75.6 Å². The van der Waals surface area contributed by atoms with Crippen molar-refractivity contribution in [3.8, 4) is 17.0 Å². The fraction of sp³-hybridized carbons (Fsp3) is 0.440. The molecule has 3 aromatic rings. The number of thiophene rings is 1. The van der Waals surface area contributed by atoms with E-state index in [0.29, 0.717) is 18.0 Å². The Labute approximate surface area is 207 Å². The fourth-order valence-corrected chi connectivity index (χ4v) is 6.08. The first kappa shape index (κ1) is 23.1. The molecule has 3 amide bonds. The van der Waals surface area contributed by atoms with Crippen molar-refractivity contribution < 1.29 is 14.3 Å². The molecule has 0 bridgehead atoms. The van der Waals surface area contributed by atoms with E-state index in [2.05, 4.69) is 9.97 Å². The number of urea groups is 1. The molecule has 1 aliphatic heterocycles. The van der Waals surface area contributed by atoms with Crippen LogP contribution in [0.4, 0.5) is 4.79 Å². The van der Waals surface area contributed by atoms with Crippen LogP contribution in [-0.4, -0.2) is 51.4 Å². The summed E-state index contributed by atoms with van der Waals surface area (Å²) in [5.74, 6) is 0.662. The van der Waals surface area contributed by atoms with Gasteiger partial charge in [-0.1, -0.05) is 18.0 Å². The Kier molecular flexibility index (Phi) is 6.44. The largest absolute Gasteiger partial charge is 0.489 e. The molecule has 1 saturated carbocycles. The van der Waals surface area contributed by atoms with Gasteiger partial charge in [-0.3, -0.25) is 9.69 Å². The Morgan fingerprint density at radius 1 is 1.15 bits per heavy atom. The number of amides is 3. The maximum Gasteiger partial charge on any atom is 0.326 e. The summed E-state index contributed by atoms with van der Waals surface area (Å²) < 4.78 is 7.41. The van der Waals surface area contributed by atoms with Crippen LogP contribution in [0, 0.1) is 6.92 Å². The van der Waals surface area contributed by atoms with Crippen LogP contribution < -0.4 is 4.74 Å². The Hall–Kier alpha value is -2.71. The van der Waals surface area contributed by atoms with Gasteiger partial charge in [0.2, 0.25) is 5.91 Å². The van der Waals surface area contributed by atoms with Crippen LogP contribution in [0.1, 0.15) is 49.0 Å². The minimum atomic E-state index is -0.270. The third-order valence-corrected chi connectivity index (χ3v) is 7.86. The molecular weight excluding hydrogens is 472 g/mol. The van der Waals surface area contributed by atoms with Crippen LogP contribution in [0.15, 0.2) is 24.5 Å². The summed E-state index contributed by atoms with van der Waals surface area (Å²) in [6.45, 7) is 2.69. The molecule has 5 rings (SSSR count). The normalized spacial score (nSPS) is 17.6. The summed E-state index contributed by atoms with van der Waals surface area (Å²) in [6, 6.07) is 5.49. The average molecular weight is 499 g/mol. The fourth-order valence-electron chi connectivity index (χ4n) is 4.70. The van der Waals surface area contributed by atoms with Crippen molar-refractivity contribution in [2.75, 3.05) is 13.6 Å². The van der Waals surface area contributed by atoms with Gasteiger partial charge in [0.15, 0.2) is 0 Å². The summed E-state index contributed by atoms with van der Waals surface area (Å²) in [6.07, 6.45) is 7.79. The van der Waals surface area contributed by atoms with E-state index in [1.54, 1.807) is 18.3 Å². The van der Waals surface area contributed by atoms with Gasteiger partial charge >= 0.3 is 6.03 Å². The summed E-state index contributed by atoms with van der Waals surface area (Å²) in [5, 5.41) is 0.625. The standard InChI is InChI=1S/C25H27ClN4O3S/c1-15-10-16(26)11-19(23(15)33-17-6-4-3-5-7-17)22-24-20(27-14-28-22)12-18(34-24)13-30-21(31)8-9-29(2)25(30)32/h10-12,14,17H,3-9,13H2,1-2H3. The monoisotopic (exact) mass is 498 g/mol. The number of rotatable bonds is 5. The third kappa shape index (κ3) is 4.49. The number of imide groups is 1. The molecule has 2 aromatic heterocycles. The number of ether oxygens (including phenoxy) is 1. The second kappa shape index (κ2) is 9.50. The lowest BCUT2D eigenvalue weighted by molar-refractivity contribution is -0.131. The SMILES string of the molecule is Cc1cc(Cl)cc(-c2ncnc3cc(CN4C(=O)CCN(C)C4=O)sc23)c1OC1CCCCC1. The van der Waals surface area contributed by atoms with E-state index in [1.165, 1.54) is 35.5 Å². The van der Waals surface area contributed by atoms with E-state index in [-0.39, 0.29) is 24.6 Å². The van der Waals surface area contributed by atoms with Crippen LogP contribution in [0.3, 0.4) is 0 Å². The zero-order valence-corrected chi connectivity index (χ0v) is 20.9. The van der Waals surface area contributed by atoms with Crippen molar-refractivity contribution in [1.82, 2.24) is 19.8 Å². The van der Waals surface area contributed by atoms with Crippen LogP contribution in [0.2, 0.25) is 5.02 Å². The number of hydrogen-bond donors (Lipinski definition) is 0. The van der Waals surface area contributed by atoms with Crippen molar-refractivity contribution in [2.24, 2.45) is 0 Å². The quantitative estimate of drug-likeness (QED) is 0.443. The van der Waals surface area contributed by atoms with Gasteiger partial charge in [0.25, 0.3) is 0 Å². The molecule has 34 heavy (non-hydrogen) atoms. The lowest BCUT2D eigenvalue weighted by atomic mass is 9.97. The minimum Gasteiger partial charge on any atom is -0.489 e. The van der Waals surface area contributed by atoms with Crippen molar-refractivity contribution >= 4 is 45.1 Å². The van der Waals surface area contributed by atoms with Gasteiger partial charge in [-0.15, -0.1) is 11.3 Å². The molecule has 1 saturated heterocycles. The predicted octanol–water partition coefficient (Wildman–Crippen LogP) is 5.82.